The molecule has 3 aliphatic carbocycles. The Morgan fingerprint density at radius 1 is 0.935 bits per heavy atom. The summed E-state index contributed by atoms with van der Waals surface area (Å²) < 4.78 is 35.8. The van der Waals surface area contributed by atoms with Gasteiger partial charge in [-0.3, -0.25) is 9.59 Å². The lowest BCUT2D eigenvalue weighted by Crippen LogP contribution is -2.44. The van der Waals surface area contributed by atoms with Gasteiger partial charge in [0.25, 0.3) is 5.91 Å². The van der Waals surface area contributed by atoms with E-state index in [-0.39, 0.29) is 11.8 Å². The minimum Gasteiger partial charge on any atom is -0.497 e. The number of hydrogen-bond acceptors (Lipinski definition) is 6. The minimum absolute atomic E-state index is 0.00301. The number of carbonyl (C=O) groups is 2. The topological polar surface area (TPSA) is 101 Å². The molecule has 4 atom stereocenters. The Kier molecular flexibility index (Phi) is 6.31. The summed E-state index contributed by atoms with van der Waals surface area (Å²) in [5.41, 5.74) is 5.09. The normalized spacial score (nSPS) is 28.8. The lowest BCUT2D eigenvalue weighted by molar-refractivity contribution is -0.135. The zero-order chi connectivity index (χ0) is 31.5. The van der Waals surface area contributed by atoms with E-state index in [0.717, 1.165) is 66.9 Å². The van der Waals surface area contributed by atoms with Crippen LogP contribution in [0.3, 0.4) is 0 Å². The quantitative estimate of drug-likeness (QED) is 0.415. The van der Waals surface area contributed by atoms with E-state index in [0.29, 0.717) is 42.6 Å². The third-order valence-electron chi connectivity index (χ3n) is 12.0. The van der Waals surface area contributed by atoms with E-state index in [2.05, 4.69) is 38.3 Å². The number of sulfonamides is 1. The summed E-state index contributed by atoms with van der Waals surface area (Å²) in [6, 6.07) is 11.9. The first-order chi connectivity index (χ1) is 22.2. The largest absolute Gasteiger partial charge is 0.497 e. The summed E-state index contributed by atoms with van der Waals surface area (Å²) in [5, 5.41) is 0.588. The molecule has 0 bridgehead atoms. The van der Waals surface area contributed by atoms with Crippen LogP contribution in [0.4, 0.5) is 0 Å². The fraction of sp³-hybridized carbons (Fsp3) is 0.556. The Bertz CT molecular complexity index is 1890. The number of hydrogen-bond donors (Lipinski definition) is 1. The maximum atomic E-state index is 15.0. The summed E-state index contributed by atoms with van der Waals surface area (Å²) in [4.78, 5) is 33.0. The molecular weight excluding hydrogens is 600 g/mol. The first-order valence-electron chi connectivity index (χ1n) is 17.1. The molecule has 3 aromatic rings. The van der Waals surface area contributed by atoms with E-state index in [1.165, 1.54) is 30.4 Å². The Balaban J connectivity index is 1.24. The lowest BCUT2D eigenvalue weighted by atomic mass is 9.80. The van der Waals surface area contributed by atoms with Gasteiger partial charge in [0.05, 0.1) is 23.6 Å². The number of aromatic nitrogens is 1. The molecule has 3 aliphatic heterocycles. The number of fused-ring (bicyclic) bond motifs is 9. The molecule has 5 fully saturated rings. The molecule has 2 amide bonds. The molecule has 6 aliphatic rings. The van der Waals surface area contributed by atoms with Gasteiger partial charge in [-0.2, -0.15) is 0 Å². The van der Waals surface area contributed by atoms with Gasteiger partial charge in [-0.15, -0.1) is 0 Å². The second kappa shape index (κ2) is 10.1. The van der Waals surface area contributed by atoms with Gasteiger partial charge >= 0.3 is 0 Å². The molecule has 1 N–H and O–H groups in total. The van der Waals surface area contributed by atoms with Crippen LogP contribution in [0.2, 0.25) is 0 Å². The monoisotopic (exact) mass is 642 g/mol. The third-order valence-corrected chi connectivity index (χ3v) is 13.8. The van der Waals surface area contributed by atoms with Crippen molar-refractivity contribution in [1.29, 1.82) is 0 Å². The Hall–Kier alpha value is -3.37. The molecule has 1 aromatic heterocycles. The molecule has 4 heterocycles. The van der Waals surface area contributed by atoms with Crippen molar-refractivity contribution in [1.82, 2.24) is 19.1 Å². The number of nitrogens with one attached hydrogen (secondary N) is 1. The van der Waals surface area contributed by atoms with Crippen molar-refractivity contribution in [2.75, 3.05) is 40.3 Å². The molecule has 0 radical (unpaired) electrons. The summed E-state index contributed by atoms with van der Waals surface area (Å²) in [6.07, 6.45) is 7.62. The van der Waals surface area contributed by atoms with Gasteiger partial charge in [-0.1, -0.05) is 25.3 Å². The van der Waals surface area contributed by atoms with Gasteiger partial charge < -0.3 is 19.1 Å². The van der Waals surface area contributed by atoms with Gasteiger partial charge in [0.1, 0.15) is 11.3 Å². The molecular formula is C36H42N4O5S. The van der Waals surface area contributed by atoms with Gasteiger partial charge in [-0.25, -0.2) is 13.1 Å². The third kappa shape index (κ3) is 4.17. The maximum Gasteiger partial charge on any atom is 0.264 e. The maximum absolute atomic E-state index is 15.0. The standard InChI is InChI=1S/C36H42N4O5S/c1-38-17-23-19-39(20-24(23)18-38)35(42)36-16-30(36)29-15-25(45-2)9-13-27(29)33-32(21-6-4-3-5-7-21)28-12-8-22(14-31(28)40(33)36)34(41)37-46(43,44)26-10-11-26/h8-9,12-15,21,23-24,26,30H,3-7,10-11,16-20H2,1-2H3,(H,37,41). The predicted molar refractivity (Wildman–Crippen MR) is 176 cm³/mol. The number of nitrogens with zero attached hydrogens (tertiary/aromatic N) is 3. The summed E-state index contributed by atoms with van der Waals surface area (Å²) in [5.74, 6) is 1.73. The van der Waals surface area contributed by atoms with Gasteiger partial charge in [-0.05, 0) is 98.4 Å². The SMILES string of the molecule is COc1ccc2c(c1)C1CC1(C(=O)N1CC3CN(C)CC3C1)n1c-2c(C2CCCCC2)c2ccc(C(=O)NS(=O)(=O)C3CC3)cc21. The van der Waals surface area contributed by atoms with Crippen LogP contribution in [-0.4, -0.2) is 80.2 Å². The molecule has 46 heavy (non-hydrogen) atoms. The van der Waals surface area contributed by atoms with Crippen LogP contribution in [0, 0.1) is 11.8 Å². The summed E-state index contributed by atoms with van der Waals surface area (Å²) in [6.45, 7) is 3.61. The fourth-order valence-electron chi connectivity index (χ4n) is 9.63. The molecule has 2 saturated heterocycles. The van der Waals surface area contributed by atoms with Crippen LogP contribution in [0.25, 0.3) is 22.2 Å². The van der Waals surface area contributed by atoms with E-state index >= 15 is 4.79 Å². The van der Waals surface area contributed by atoms with Crippen LogP contribution in [-0.2, 0) is 20.4 Å². The van der Waals surface area contributed by atoms with Crippen molar-refractivity contribution in [3.63, 3.8) is 0 Å². The first kappa shape index (κ1) is 28.8. The molecule has 10 heteroatoms. The number of amides is 2. The smallest absolute Gasteiger partial charge is 0.264 e. The van der Waals surface area contributed by atoms with Crippen molar-refractivity contribution in [2.45, 2.75) is 74.0 Å². The molecule has 3 saturated carbocycles. The van der Waals surface area contributed by atoms with Crippen LogP contribution < -0.4 is 9.46 Å². The minimum atomic E-state index is -3.70. The molecule has 0 spiro atoms. The number of rotatable bonds is 6. The molecule has 2 aromatic carbocycles. The average molecular weight is 643 g/mol. The van der Waals surface area contributed by atoms with Crippen molar-refractivity contribution in [3.05, 3.63) is 53.1 Å². The molecule has 9 nitrogen and oxygen atoms in total. The molecule has 242 valence electrons. The highest BCUT2D eigenvalue weighted by atomic mass is 32.2. The van der Waals surface area contributed by atoms with E-state index in [9.17, 15) is 13.2 Å². The highest BCUT2D eigenvalue weighted by molar-refractivity contribution is 7.91. The fourth-order valence-corrected chi connectivity index (χ4v) is 10.9. The van der Waals surface area contributed by atoms with Gasteiger partial charge in [0.15, 0.2) is 0 Å². The molecule has 4 unspecified atom stereocenters. The Labute approximate surface area is 270 Å². The highest BCUT2D eigenvalue weighted by Gasteiger charge is 2.68. The van der Waals surface area contributed by atoms with E-state index in [1.54, 1.807) is 13.2 Å². The van der Waals surface area contributed by atoms with E-state index in [1.807, 2.05) is 18.2 Å². The van der Waals surface area contributed by atoms with Crippen molar-refractivity contribution in [2.24, 2.45) is 11.8 Å². The molecule has 9 rings (SSSR count). The summed E-state index contributed by atoms with van der Waals surface area (Å²) in [7, 11) is 0.161. The zero-order valence-corrected chi connectivity index (χ0v) is 27.4. The van der Waals surface area contributed by atoms with Crippen LogP contribution in [0.15, 0.2) is 36.4 Å². The Morgan fingerprint density at radius 2 is 1.67 bits per heavy atom. The number of ether oxygens (including phenoxy) is 1. The van der Waals surface area contributed by atoms with Crippen LogP contribution in [0.1, 0.15) is 84.7 Å². The van der Waals surface area contributed by atoms with Crippen molar-refractivity contribution in [3.8, 4) is 17.0 Å². The number of carbonyl (C=O) groups excluding carboxylic acids is 2. The number of methoxy groups -OCH3 is 1. The van der Waals surface area contributed by atoms with Crippen LogP contribution >= 0.6 is 0 Å². The van der Waals surface area contributed by atoms with Gasteiger partial charge in [0.2, 0.25) is 15.9 Å². The highest BCUT2D eigenvalue weighted by Crippen LogP contribution is 2.67. The number of benzene rings is 2. The van der Waals surface area contributed by atoms with Gasteiger partial charge in [0, 0.05) is 48.6 Å². The number of likely N-dealkylation sites (tertiary alicyclic amines) is 2. The predicted octanol–water partition coefficient (Wildman–Crippen LogP) is 4.80. The van der Waals surface area contributed by atoms with E-state index < -0.39 is 26.7 Å². The second-order valence-electron chi connectivity index (χ2n) is 14.9. The van der Waals surface area contributed by atoms with Crippen molar-refractivity contribution < 1.29 is 22.7 Å². The lowest BCUT2D eigenvalue weighted by Gasteiger charge is -2.34. The first-order valence-corrected chi connectivity index (χ1v) is 18.6. The zero-order valence-electron chi connectivity index (χ0n) is 26.6. The van der Waals surface area contributed by atoms with Crippen LogP contribution in [0.5, 0.6) is 5.75 Å². The second-order valence-corrected chi connectivity index (χ2v) is 16.9. The summed E-state index contributed by atoms with van der Waals surface area (Å²) >= 11 is 0. The van der Waals surface area contributed by atoms with Crippen molar-refractivity contribution >= 4 is 32.7 Å². The van der Waals surface area contributed by atoms with E-state index in [4.69, 9.17) is 4.74 Å². The Morgan fingerprint density at radius 3 is 2.37 bits per heavy atom. The average Bonchev–Trinajstić information content (AvgIpc) is 3.95.